The van der Waals surface area contributed by atoms with E-state index in [0.717, 1.165) is 0 Å². The Hall–Kier alpha value is -2.00. The standard InChI is InChI=1S/C16H12Cl3N3O2/c1-10-11(5-6-15(23)24-8-7-20)16(19)22(21-10)9-12-13(17)3-2-4-14(12)18/h2-6H,8-9H2,1H3. The summed E-state index contributed by atoms with van der Waals surface area (Å²) < 4.78 is 6.18. The van der Waals surface area contributed by atoms with Crippen LogP contribution in [-0.2, 0) is 16.1 Å². The average molecular weight is 385 g/mol. The van der Waals surface area contributed by atoms with E-state index < -0.39 is 5.97 Å². The van der Waals surface area contributed by atoms with Gasteiger partial charge in [0.25, 0.3) is 0 Å². The molecule has 0 spiro atoms. The van der Waals surface area contributed by atoms with Crippen LogP contribution in [0.3, 0.4) is 0 Å². The van der Waals surface area contributed by atoms with Gasteiger partial charge in [0.2, 0.25) is 0 Å². The number of nitrogens with zero attached hydrogens (tertiary/aromatic N) is 3. The van der Waals surface area contributed by atoms with Crippen LogP contribution in [-0.4, -0.2) is 22.4 Å². The highest BCUT2D eigenvalue weighted by atomic mass is 35.5. The third kappa shape index (κ3) is 4.30. The Morgan fingerprint density at radius 3 is 2.67 bits per heavy atom. The van der Waals surface area contributed by atoms with Gasteiger partial charge in [-0.3, -0.25) is 0 Å². The SMILES string of the molecule is Cc1nn(Cc2c(Cl)cccc2Cl)c(Cl)c1C=CC(=O)OCC#N. The zero-order valence-corrected chi connectivity index (χ0v) is 14.9. The van der Waals surface area contributed by atoms with Gasteiger partial charge in [0.05, 0.1) is 12.2 Å². The summed E-state index contributed by atoms with van der Waals surface area (Å²) in [5.74, 6) is -0.631. The van der Waals surface area contributed by atoms with Crippen molar-refractivity contribution in [3.8, 4) is 6.07 Å². The van der Waals surface area contributed by atoms with Crippen LogP contribution in [0.4, 0.5) is 0 Å². The third-order valence-corrected chi connectivity index (χ3v) is 4.25. The fraction of sp³-hybridized carbons (Fsp3) is 0.188. The van der Waals surface area contributed by atoms with Gasteiger partial charge in [-0.1, -0.05) is 40.9 Å². The smallest absolute Gasteiger partial charge is 0.331 e. The molecule has 124 valence electrons. The molecule has 0 bridgehead atoms. The minimum Gasteiger partial charge on any atom is -0.447 e. The van der Waals surface area contributed by atoms with Crippen molar-refractivity contribution < 1.29 is 9.53 Å². The number of nitriles is 1. The van der Waals surface area contributed by atoms with Crippen molar-refractivity contribution in [2.24, 2.45) is 0 Å². The Bertz CT molecular complexity index is 818. The predicted octanol–water partition coefficient (Wildman–Crippen LogP) is 4.28. The van der Waals surface area contributed by atoms with E-state index in [0.29, 0.717) is 38.6 Å². The van der Waals surface area contributed by atoms with Crippen molar-refractivity contribution in [3.05, 3.63) is 56.3 Å². The lowest BCUT2D eigenvalue weighted by Crippen LogP contribution is -2.03. The second kappa shape index (κ2) is 8.20. The molecule has 0 aliphatic heterocycles. The normalized spacial score (nSPS) is 10.8. The van der Waals surface area contributed by atoms with Crippen LogP contribution in [0.15, 0.2) is 24.3 Å². The summed E-state index contributed by atoms with van der Waals surface area (Å²) in [4.78, 5) is 11.4. The lowest BCUT2D eigenvalue weighted by molar-refractivity contribution is -0.136. The van der Waals surface area contributed by atoms with Crippen molar-refractivity contribution in [2.75, 3.05) is 6.61 Å². The van der Waals surface area contributed by atoms with Crippen molar-refractivity contribution in [3.63, 3.8) is 0 Å². The number of aryl methyl sites for hydroxylation is 1. The summed E-state index contributed by atoms with van der Waals surface area (Å²) in [5, 5.41) is 14.1. The van der Waals surface area contributed by atoms with Crippen molar-refractivity contribution in [1.82, 2.24) is 9.78 Å². The molecule has 0 atom stereocenters. The van der Waals surface area contributed by atoms with Gasteiger partial charge in [-0.25, -0.2) is 9.48 Å². The van der Waals surface area contributed by atoms with Crippen LogP contribution in [0.25, 0.3) is 6.08 Å². The summed E-state index contributed by atoms with van der Waals surface area (Å²) in [6.45, 7) is 1.75. The number of hydrogen-bond acceptors (Lipinski definition) is 4. The maximum atomic E-state index is 11.4. The van der Waals surface area contributed by atoms with Crippen molar-refractivity contribution >= 4 is 46.8 Å². The molecule has 0 saturated heterocycles. The molecule has 24 heavy (non-hydrogen) atoms. The molecular weight excluding hydrogens is 373 g/mol. The van der Waals surface area contributed by atoms with E-state index in [-0.39, 0.29) is 6.61 Å². The van der Waals surface area contributed by atoms with Crippen molar-refractivity contribution in [2.45, 2.75) is 13.5 Å². The number of carbonyl (C=O) groups excluding carboxylic acids is 1. The highest BCUT2D eigenvalue weighted by Gasteiger charge is 2.14. The average Bonchev–Trinajstić information content (AvgIpc) is 2.81. The molecule has 0 aliphatic rings. The van der Waals surface area contributed by atoms with Gasteiger partial charge in [-0.15, -0.1) is 0 Å². The maximum absolute atomic E-state index is 11.4. The van der Waals surface area contributed by atoms with E-state index in [1.54, 1.807) is 35.9 Å². The number of rotatable bonds is 5. The van der Waals surface area contributed by atoms with Crippen LogP contribution in [0.1, 0.15) is 16.8 Å². The van der Waals surface area contributed by atoms with Crippen LogP contribution in [0.5, 0.6) is 0 Å². The minimum absolute atomic E-state index is 0.297. The molecule has 2 aromatic rings. The summed E-state index contributed by atoms with van der Waals surface area (Å²) in [7, 11) is 0. The van der Waals surface area contributed by atoms with Gasteiger partial charge in [-0.05, 0) is 25.1 Å². The number of hydrogen-bond donors (Lipinski definition) is 0. The van der Waals surface area contributed by atoms with E-state index in [1.165, 1.54) is 12.2 Å². The number of halogens is 3. The van der Waals surface area contributed by atoms with Gasteiger partial charge in [0, 0.05) is 27.2 Å². The van der Waals surface area contributed by atoms with Crippen LogP contribution in [0.2, 0.25) is 15.2 Å². The van der Waals surface area contributed by atoms with Crippen LogP contribution < -0.4 is 0 Å². The number of esters is 1. The molecule has 8 heteroatoms. The molecule has 0 aliphatic carbocycles. The second-order valence-corrected chi connectivity index (χ2v) is 5.92. The predicted molar refractivity (Wildman–Crippen MR) is 93.1 cm³/mol. The molecular formula is C16H12Cl3N3O2. The molecule has 1 heterocycles. The molecule has 0 fully saturated rings. The number of aromatic nitrogens is 2. The molecule has 0 radical (unpaired) electrons. The van der Waals surface area contributed by atoms with Gasteiger partial charge < -0.3 is 4.74 Å². The Morgan fingerprint density at radius 1 is 1.38 bits per heavy atom. The third-order valence-electron chi connectivity index (χ3n) is 3.14. The summed E-state index contributed by atoms with van der Waals surface area (Å²) in [5.41, 5.74) is 1.91. The topological polar surface area (TPSA) is 67.9 Å². The lowest BCUT2D eigenvalue weighted by Gasteiger charge is -2.08. The highest BCUT2D eigenvalue weighted by Crippen LogP contribution is 2.28. The molecule has 1 aromatic heterocycles. The van der Waals surface area contributed by atoms with Gasteiger partial charge in [-0.2, -0.15) is 10.4 Å². The fourth-order valence-electron chi connectivity index (χ4n) is 2.00. The first-order valence-corrected chi connectivity index (χ1v) is 7.95. The Labute approximate surface area is 154 Å². The van der Waals surface area contributed by atoms with E-state index in [9.17, 15) is 4.79 Å². The van der Waals surface area contributed by atoms with Gasteiger partial charge >= 0.3 is 5.97 Å². The molecule has 5 nitrogen and oxygen atoms in total. The molecule has 2 rings (SSSR count). The van der Waals surface area contributed by atoms with E-state index in [1.807, 2.05) is 0 Å². The number of benzene rings is 1. The van der Waals surface area contributed by atoms with Crippen molar-refractivity contribution in [1.29, 1.82) is 5.26 Å². The molecule has 1 aromatic carbocycles. The second-order valence-electron chi connectivity index (χ2n) is 4.75. The monoisotopic (exact) mass is 383 g/mol. The Morgan fingerprint density at radius 2 is 2.04 bits per heavy atom. The van der Waals surface area contributed by atoms with Gasteiger partial charge in [0.15, 0.2) is 6.61 Å². The molecule has 0 N–H and O–H groups in total. The van der Waals surface area contributed by atoms with Crippen LogP contribution in [0, 0.1) is 18.3 Å². The van der Waals surface area contributed by atoms with E-state index in [4.69, 9.17) is 40.1 Å². The summed E-state index contributed by atoms with van der Waals surface area (Å²) in [6.07, 6.45) is 2.69. The first-order chi connectivity index (χ1) is 11.4. The molecule has 0 saturated carbocycles. The molecule has 0 unspecified atom stereocenters. The summed E-state index contributed by atoms with van der Waals surface area (Å²) in [6, 6.07) is 6.94. The lowest BCUT2D eigenvalue weighted by atomic mass is 10.2. The fourth-order valence-corrected chi connectivity index (χ4v) is 2.81. The van der Waals surface area contributed by atoms with E-state index in [2.05, 4.69) is 9.84 Å². The quantitative estimate of drug-likeness (QED) is 0.570. The number of ether oxygens (including phenoxy) is 1. The molecule has 0 amide bonds. The first-order valence-electron chi connectivity index (χ1n) is 6.81. The van der Waals surface area contributed by atoms with Gasteiger partial charge in [0.1, 0.15) is 11.2 Å². The largest absolute Gasteiger partial charge is 0.447 e. The van der Waals surface area contributed by atoms with E-state index >= 15 is 0 Å². The minimum atomic E-state index is -0.631. The zero-order valence-electron chi connectivity index (χ0n) is 12.6. The summed E-state index contributed by atoms with van der Waals surface area (Å²) >= 11 is 18.6. The highest BCUT2D eigenvalue weighted by molar-refractivity contribution is 6.36. The number of carbonyl (C=O) groups is 1. The zero-order chi connectivity index (χ0) is 17.7. The Balaban J connectivity index is 2.25. The first kappa shape index (κ1) is 18.3. The van der Waals surface area contributed by atoms with Crippen LogP contribution >= 0.6 is 34.8 Å². The maximum Gasteiger partial charge on any atom is 0.331 e. The Kier molecular flexibility index (Phi) is 6.27.